The number of rotatable bonds is 9. The average molecular weight is 382 g/mol. The zero-order chi connectivity index (χ0) is 18.1. The van der Waals surface area contributed by atoms with Crippen molar-refractivity contribution in [3.8, 4) is 11.5 Å². The van der Waals surface area contributed by atoms with Crippen LogP contribution in [0.5, 0.6) is 11.5 Å². The molecule has 134 valence electrons. The maximum absolute atomic E-state index is 12.0. The van der Waals surface area contributed by atoms with Gasteiger partial charge in [0.15, 0.2) is 11.5 Å². The number of carbonyl (C=O) groups is 1. The fraction of sp³-hybridized carbons (Fsp3) is 0.353. The number of halogens is 1. The lowest BCUT2D eigenvalue weighted by Gasteiger charge is -2.09. The number of aromatic nitrogens is 2. The molecule has 2 aromatic rings. The Bertz CT molecular complexity index is 734. The van der Waals surface area contributed by atoms with Gasteiger partial charge in [0.25, 0.3) is 0 Å². The molecule has 0 radical (unpaired) electrons. The number of ether oxygens (including phenoxy) is 2. The Balaban J connectivity index is 1.96. The van der Waals surface area contributed by atoms with E-state index in [-0.39, 0.29) is 5.91 Å². The molecule has 1 aromatic carbocycles. The first kappa shape index (κ1) is 19.2. The molecule has 0 spiro atoms. The number of amides is 1. The molecule has 2 rings (SSSR count). The van der Waals surface area contributed by atoms with E-state index in [4.69, 9.17) is 21.1 Å². The van der Waals surface area contributed by atoms with Crippen LogP contribution in [0.1, 0.15) is 23.9 Å². The van der Waals surface area contributed by atoms with Gasteiger partial charge in [-0.1, -0.05) is 17.4 Å². The van der Waals surface area contributed by atoms with E-state index in [2.05, 4.69) is 15.5 Å². The molecule has 1 N–H and O–H groups in total. The molecule has 25 heavy (non-hydrogen) atoms. The molecule has 0 aliphatic carbocycles. The minimum Gasteiger partial charge on any atom is -0.493 e. The average Bonchev–Trinajstić information content (AvgIpc) is 3.06. The Morgan fingerprint density at radius 3 is 2.92 bits per heavy atom. The molecular formula is C17H20ClN3O3S. The number of hydrogen-bond acceptors (Lipinski definition) is 6. The standard InChI is InChI=1S/C17H20ClN3O3S/c1-3-24-13-8-6-12(11-14(13)23-2)7-9-15(22)19-17-21-20-16(25-17)5-4-10-18/h6-9,11H,3-5,10H2,1-2H3,(H,19,21,22)/b9-7+. The Morgan fingerprint density at radius 1 is 1.36 bits per heavy atom. The molecule has 0 aliphatic heterocycles. The third-order valence-electron chi connectivity index (χ3n) is 3.14. The number of alkyl halides is 1. The topological polar surface area (TPSA) is 73.3 Å². The Kier molecular flexibility index (Phi) is 7.69. The first-order chi connectivity index (χ1) is 12.2. The lowest BCUT2D eigenvalue weighted by atomic mass is 10.2. The Morgan fingerprint density at radius 2 is 2.20 bits per heavy atom. The van der Waals surface area contributed by atoms with Gasteiger partial charge in [-0.2, -0.15) is 0 Å². The van der Waals surface area contributed by atoms with Crippen LogP contribution < -0.4 is 14.8 Å². The van der Waals surface area contributed by atoms with Gasteiger partial charge in [0, 0.05) is 18.4 Å². The number of carbonyl (C=O) groups excluding carboxylic acids is 1. The molecular weight excluding hydrogens is 362 g/mol. The van der Waals surface area contributed by atoms with Crippen LogP contribution in [0.25, 0.3) is 6.08 Å². The number of nitrogens with zero attached hydrogens (tertiary/aromatic N) is 2. The van der Waals surface area contributed by atoms with Gasteiger partial charge in [0.2, 0.25) is 11.0 Å². The predicted octanol–water partition coefficient (Wildman–Crippen LogP) is 3.77. The predicted molar refractivity (Wildman–Crippen MR) is 101 cm³/mol. The first-order valence-corrected chi connectivity index (χ1v) is 9.19. The molecule has 6 nitrogen and oxygen atoms in total. The van der Waals surface area contributed by atoms with Gasteiger partial charge in [0.1, 0.15) is 5.01 Å². The highest BCUT2D eigenvalue weighted by Gasteiger charge is 2.07. The summed E-state index contributed by atoms with van der Waals surface area (Å²) in [5.41, 5.74) is 0.829. The molecule has 0 unspecified atom stereocenters. The summed E-state index contributed by atoms with van der Waals surface area (Å²) in [6.45, 7) is 2.47. The summed E-state index contributed by atoms with van der Waals surface area (Å²) < 4.78 is 10.8. The van der Waals surface area contributed by atoms with Crippen LogP contribution >= 0.6 is 22.9 Å². The molecule has 8 heteroatoms. The summed E-state index contributed by atoms with van der Waals surface area (Å²) in [5.74, 6) is 1.60. The van der Waals surface area contributed by atoms with Gasteiger partial charge in [-0.3, -0.25) is 10.1 Å². The molecule has 0 saturated heterocycles. The van der Waals surface area contributed by atoms with Crippen molar-refractivity contribution in [1.29, 1.82) is 0 Å². The lowest BCUT2D eigenvalue weighted by Crippen LogP contribution is -2.07. The molecule has 1 amide bonds. The van der Waals surface area contributed by atoms with Crippen LogP contribution in [0, 0.1) is 0 Å². The number of nitrogens with one attached hydrogen (secondary N) is 1. The quantitative estimate of drug-likeness (QED) is 0.528. The van der Waals surface area contributed by atoms with E-state index in [0.717, 1.165) is 23.4 Å². The van der Waals surface area contributed by atoms with Gasteiger partial charge in [-0.05, 0) is 37.1 Å². The second-order valence-corrected chi connectivity index (χ2v) is 6.40. The fourth-order valence-electron chi connectivity index (χ4n) is 2.00. The van der Waals surface area contributed by atoms with Crippen molar-refractivity contribution >= 4 is 40.1 Å². The minimum atomic E-state index is -0.270. The molecule has 1 aromatic heterocycles. The summed E-state index contributed by atoms with van der Waals surface area (Å²) in [6.07, 6.45) is 4.74. The molecule has 0 atom stereocenters. The van der Waals surface area contributed by atoms with Crippen molar-refractivity contribution in [2.24, 2.45) is 0 Å². The van der Waals surface area contributed by atoms with Crippen LogP contribution in [-0.2, 0) is 11.2 Å². The van der Waals surface area contributed by atoms with Crippen LogP contribution in [0.15, 0.2) is 24.3 Å². The molecule has 0 saturated carbocycles. The highest BCUT2D eigenvalue weighted by molar-refractivity contribution is 7.15. The third kappa shape index (κ3) is 6.03. The number of aryl methyl sites for hydroxylation is 1. The Hall–Kier alpha value is -2.12. The highest BCUT2D eigenvalue weighted by atomic mass is 35.5. The van der Waals surface area contributed by atoms with Gasteiger partial charge >= 0.3 is 0 Å². The second-order valence-electron chi connectivity index (χ2n) is 4.96. The van der Waals surface area contributed by atoms with Gasteiger partial charge < -0.3 is 9.47 Å². The first-order valence-electron chi connectivity index (χ1n) is 7.84. The van der Waals surface area contributed by atoms with Crippen LogP contribution in [-0.4, -0.2) is 35.7 Å². The largest absolute Gasteiger partial charge is 0.493 e. The smallest absolute Gasteiger partial charge is 0.250 e. The summed E-state index contributed by atoms with van der Waals surface area (Å²) in [7, 11) is 1.58. The maximum Gasteiger partial charge on any atom is 0.250 e. The zero-order valence-electron chi connectivity index (χ0n) is 14.1. The molecule has 1 heterocycles. The summed E-state index contributed by atoms with van der Waals surface area (Å²) in [5, 5.41) is 12.0. The maximum atomic E-state index is 12.0. The van der Waals surface area contributed by atoms with Gasteiger partial charge in [0.05, 0.1) is 13.7 Å². The fourth-order valence-corrected chi connectivity index (χ4v) is 2.92. The molecule has 0 bridgehead atoms. The van der Waals surface area contributed by atoms with Crippen molar-refractivity contribution in [2.75, 3.05) is 24.9 Å². The van der Waals surface area contributed by atoms with Gasteiger partial charge in [-0.15, -0.1) is 21.8 Å². The van der Waals surface area contributed by atoms with Crippen molar-refractivity contribution in [1.82, 2.24) is 10.2 Å². The lowest BCUT2D eigenvalue weighted by molar-refractivity contribution is -0.111. The molecule has 0 fully saturated rings. The summed E-state index contributed by atoms with van der Waals surface area (Å²) in [6, 6.07) is 5.48. The van der Waals surface area contributed by atoms with Crippen LogP contribution in [0.2, 0.25) is 0 Å². The van der Waals surface area contributed by atoms with E-state index < -0.39 is 0 Å². The summed E-state index contributed by atoms with van der Waals surface area (Å²) in [4.78, 5) is 12.0. The SMILES string of the molecule is CCOc1ccc(/C=C/C(=O)Nc2nnc(CCCCl)s2)cc1OC. The van der Waals surface area contributed by atoms with Crippen molar-refractivity contribution in [2.45, 2.75) is 19.8 Å². The van der Waals surface area contributed by atoms with E-state index in [1.807, 2.05) is 25.1 Å². The normalized spacial score (nSPS) is 10.8. The van der Waals surface area contributed by atoms with Crippen molar-refractivity contribution in [3.05, 3.63) is 34.8 Å². The van der Waals surface area contributed by atoms with Crippen molar-refractivity contribution < 1.29 is 14.3 Å². The number of methoxy groups -OCH3 is 1. The van der Waals surface area contributed by atoms with Gasteiger partial charge in [-0.25, -0.2) is 0 Å². The zero-order valence-corrected chi connectivity index (χ0v) is 15.7. The minimum absolute atomic E-state index is 0.270. The number of hydrogen-bond donors (Lipinski definition) is 1. The molecule has 0 aliphatic rings. The van der Waals surface area contributed by atoms with E-state index in [1.54, 1.807) is 13.2 Å². The monoisotopic (exact) mass is 381 g/mol. The Labute approximate surface area is 155 Å². The third-order valence-corrected chi connectivity index (χ3v) is 4.30. The van der Waals surface area contributed by atoms with E-state index in [0.29, 0.717) is 29.1 Å². The second kappa shape index (κ2) is 10.0. The van der Waals surface area contributed by atoms with E-state index in [9.17, 15) is 4.79 Å². The number of anilines is 1. The van der Waals surface area contributed by atoms with Crippen LogP contribution in [0.3, 0.4) is 0 Å². The highest BCUT2D eigenvalue weighted by Crippen LogP contribution is 2.28. The van der Waals surface area contributed by atoms with E-state index in [1.165, 1.54) is 17.4 Å². The summed E-state index contributed by atoms with van der Waals surface area (Å²) >= 11 is 7.00. The van der Waals surface area contributed by atoms with Crippen molar-refractivity contribution in [3.63, 3.8) is 0 Å². The van der Waals surface area contributed by atoms with Crippen LogP contribution in [0.4, 0.5) is 5.13 Å². The van der Waals surface area contributed by atoms with E-state index >= 15 is 0 Å². The number of benzene rings is 1.